The molecule has 0 atom stereocenters. The van der Waals surface area contributed by atoms with Crippen molar-refractivity contribution in [3.63, 3.8) is 0 Å². The molecule has 1 aromatic heterocycles. The highest BCUT2D eigenvalue weighted by Gasteiger charge is 2.02. The molecule has 19 heavy (non-hydrogen) atoms. The van der Waals surface area contributed by atoms with Crippen molar-refractivity contribution in [1.29, 1.82) is 0 Å². The summed E-state index contributed by atoms with van der Waals surface area (Å²) in [6.07, 6.45) is 2.02. The lowest BCUT2D eigenvalue weighted by molar-refractivity contribution is -0.116. The number of nitrogens with one attached hydrogen (secondary N) is 2. The van der Waals surface area contributed by atoms with Gasteiger partial charge in [-0.3, -0.25) is 4.79 Å². The molecular formula is C14H15ClN2O2. The predicted octanol–water partition coefficient (Wildman–Crippen LogP) is 3.05. The van der Waals surface area contributed by atoms with E-state index in [2.05, 4.69) is 10.6 Å². The number of furan rings is 1. The number of carbonyl (C=O) groups is 1. The van der Waals surface area contributed by atoms with Crippen molar-refractivity contribution in [3.05, 3.63) is 53.4 Å². The van der Waals surface area contributed by atoms with E-state index in [1.165, 1.54) is 0 Å². The normalized spacial score (nSPS) is 10.4. The molecule has 100 valence electrons. The van der Waals surface area contributed by atoms with Crippen molar-refractivity contribution in [2.45, 2.75) is 13.0 Å². The van der Waals surface area contributed by atoms with Crippen molar-refractivity contribution in [2.24, 2.45) is 0 Å². The van der Waals surface area contributed by atoms with Gasteiger partial charge < -0.3 is 15.1 Å². The van der Waals surface area contributed by atoms with Gasteiger partial charge in [0.1, 0.15) is 5.76 Å². The van der Waals surface area contributed by atoms with Crippen LogP contribution in [0, 0.1) is 0 Å². The van der Waals surface area contributed by atoms with Gasteiger partial charge in [0.15, 0.2) is 0 Å². The lowest BCUT2D eigenvalue weighted by Gasteiger charge is -2.06. The van der Waals surface area contributed by atoms with E-state index < -0.39 is 0 Å². The van der Waals surface area contributed by atoms with E-state index in [0.29, 0.717) is 30.2 Å². The molecule has 0 unspecified atom stereocenters. The summed E-state index contributed by atoms with van der Waals surface area (Å²) in [5.74, 6) is 0.810. The standard InChI is InChI=1S/C14H15ClN2O2/c15-11-3-1-4-12(9-11)17-14(18)6-7-16-10-13-5-2-8-19-13/h1-5,8-9,16H,6-7,10H2,(H,17,18). The van der Waals surface area contributed by atoms with Crippen LogP contribution in [0.1, 0.15) is 12.2 Å². The Labute approximate surface area is 116 Å². The van der Waals surface area contributed by atoms with Crippen molar-refractivity contribution < 1.29 is 9.21 Å². The quantitative estimate of drug-likeness (QED) is 0.799. The van der Waals surface area contributed by atoms with Gasteiger partial charge in [-0.05, 0) is 30.3 Å². The zero-order valence-electron chi connectivity index (χ0n) is 10.4. The SMILES string of the molecule is O=C(CCNCc1ccco1)Nc1cccc(Cl)c1. The molecule has 0 aliphatic carbocycles. The maximum Gasteiger partial charge on any atom is 0.225 e. The number of hydrogen-bond acceptors (Lipinski definition) is 3. The molecular weight excluding hydrogens is 264 g/mol. The monoisotopic (exact) mass is 278 g/mol. The zero-order valence-corrected chi connectivity index (χ0v) is 11.1. The van der Waals surface area contributed by atoms with Gasteiger partial charge in [-0.25, -0.2) is 0 Å². The van der Waals surface area contributed by atoms with Crippen LogP contribution in [0.15, 0.2) is 47.1 Å². The first-order valence-corrected chi connectivity index (χ1v) is 6.40. The van der Waals surface area contributed by atoms with Gasteiger partial charge in [0, 0.05) is 23.7 Å². The molecule has 1 heterocycles. The molecule has 0 bridgehead atoms. The van der Waals surface area contributed by atoms with Gasteiger partial charge in [0.25, 0.3) is 0 Å². The molecule has 0 spiro atoms. The smallest absolute Gasteiger partial charge is 0.225 e. The second-order valence-electron chi connectivity index (χ2n) is 4.06. The number of carbonyl (C=O) groups excluding carboxylic acids is 1. The van der Waals surface area contributed by atoms with Crippen molar-refractivity contribution in [2.75, 3.05) is 11.9 Å². The maximum absolute atomic E-state index is 11.7. The molecule has 0 aliphatic rings. The Balaban J connectivity index is 1.67. The Bertz CT molecular complexity index is 526. The molecule has 5 heteroatoms. The van der Waals surface area contributed by atoms with Gasteiger partial charge in [0.2, 0.25) is 5.91 Å². The Morgan fingerprint density at radius 2 is 2.16 bits per heavy atom. The Morgan fingerprint density at radius 3 is 2.89 bits per heavy atom. The molecule has 2 rings (SSSR count). The summed E-state index contributed by atoms with van der Waals surface area (Å²) in [5, 5.41) is 6.53. The van der Waals surface area contributed by atoms with E-state index in [0.717, 1.165) is 5.76 Å². The van der Waals surface area contributed by atoms with Gasteiger partial charge in [-0.2, -0.15) is 0 Å². The van der Waals surface area contributed by atoms with Crippen LogP contribution in [-0.4, -0.2) is 12.5 Å². The van der Waals surface area contributed by atoms with Crippen LogP contribution in [-0.2, 0) is 11.3 Å². The fraction of sp³-hybridized carbons (Fsp3) is 0.214. The van der Waals surface area contributed by atoms with Crippen LogP contribution >= 0.6 is 11.6 Å². The van der Waals surface area contributed by atoms with E-state index in [-0.39, 0.29) is 5.91 Å². The van der Waals surface area contributed by atoms with Crippen molar-refractivity contribution in [3.8, 4) is 0 Å². The Kier molecular flexibility index (Phi) is 5.01. The summed E-state index contributed by atoms with van der Waals surface area (Å²) < 4.78 is 5.17. The third-order valence-corrected chi connectivity index (χ3v) is 2.75. The van der Waals surface area contributed by atoms with Crippen molar-refractivity contribution in [1.82, 2.24) is 5.32 Å². The maximum atomic E-state index is 11.7. The summed E-state index contributed by atoms with van der Waals surface area (Å²) in [5.41, 5.74) is 0.712. The number of anilines is 1. The number of amides is 1. The van der Waals surface area contributed by atoms with Gasteiger partial charge >= 0.3 is 0 Å². The van der Waals surface area contributed by atoms with E-state index in [4.69, 9.17) is 16.0 Å². The largest absolute Gasteiger partial charge is 0.468 e. The number of halogens is 1. The van der Waals surface area contributed by atoms with Crippen LogP contribution in [0.2, 0.25) is 5.02 Å². The summed E-state index contributed by atoms with van der Waals surface area (Å²) in [6.45, 7) is 1.21. The van der Waals surface area contributed by atoms with E-state index in [1.807, 2.05) is 12.1 Å². The number of hydrogen-bond donors (Lipinski definition) is 2. The molecule has 0 saturated heterocycles. The summed E-state index contributed by atoms with van der Waals surface area (Å²) in [6, 6.07) is 10.8. The molecule has 1 amide bonds. The van der Waals surface area contributed by atoms with E-state index in [9.17, 15) is 4.79 Å². The van der Waals surface area contributed by atoms with E-state index >= 15 is 0 Å². The topological polar surface area (TPSA) is 54.3 Å². The lowest BCUT2D eigenvalue weighted by Crippen LogP contribution is -2.21. The Hall–Kier alpha value is -1.78. The average Bonchev–Trinajstić information content (AvgIpc) is 2.88. The first-order chi connectivity index (χ1) is 9.24. The molecule has 0 aliphatic heterocycles. The first-order valence-electron chi connectivity index (χ1n) is 6.02. The summed E-state index contributed by atoms with van der Waals surface area (Å²) in [4.78, 5) is 11.7. The highest BCUT2D eigenvalue weighted by atomic mass is 35.5. The van der Waals surface area contributed by atoms with E-state index in [1.54, 1.807) is 30.5 Å². The Morgan fingerprint density at radius 1 is 1.26 bits per heavy atom. The molecule has 4 nitrogen and oxygen atoms in total. The minimum Gasteiger partial charge on any atom is -0.468 e. The second-order valence-corrected chi connectivity index (χ2v) is 4.50. The minimum absolute atomic E-state index is 0.0470. The third-order valence-electron chi connectivity index (χ3n) is 2.52. The van der Waals surface area contributed by atoms with Crippen LogP contribution in [0.25, 0.3) is 0 Å². The van der Waals surface area contributed by atoms with Crippen LogP contribution in [0.5, 0.6) is 0 Å². The minimum atomic E-state index is -0.0470. The second kappa shape index (κ2) is 6.97. The van der Waals surface area contributed by atoms with Gasteiger partial charge in [-0.1, -0.05) is 17.7 Å². The van der Waals surface area contributed by atoms with Crippen LogP contribution < -0.4 is 10.6 Å². The predicted molar refractivity (Wildman–Crippen MR) is 75.1 cm³/mol. The van der Waals surface area contributed by atoms with Gasteiger partial charge in [-0.15, -0.1) is 0 Å². The number of benzene rings is 1. The molecule has 2 N–H and O–H groups in total. The molecule has 0 fully saturated rings. The summed E-state index contributed by atoms with van der Waals surface area (Å²) in [7, 11) is 0. The first kappa shape index (κ1) is 13.6. The summed E-state index contributed by atoms with van der Waals surface area (Å²) >= 11 is 5.84. The zero-order chi connectivity index (χ0) is 13.5. The lowest BCUT2D eigenvalue weighted by atomic mass is 10.3. The average molecular weight is 279 g/mol. The molecule has 1 aromatic carbocycles. The van der Waals surface area contributed by atoms with Crippen molar-refractivity contribution >= 4 is 23.2 Å². The van der Waals surface area contributed by atoms with Crippen LogP contribution in [0.3, 0.4) is 0 Å². The van der Waals surface area contributed by atoms with Gasteiger partial charge in [0.05, 0.1) is 12.8 Å². The molecule has 0 radical (unpaired) electrons. The fourth-order valence-corrected chi connectivity index (χ4v) is 1.81. The fourth-order valence-electron chi connectivity index (χ4n) is 1.62. The highest BCUT2D eigenvalue weighted by Crippen LogP contribution is 2.14. The highest BCUT2D eigenvalue weighted by molar-refractivity contribution is 6.30. The number of rotatable bonds is 6. The molecule has 0 saturated carbocycles. The third kappa shape index (κ3) is 4.77. The van der Waals surface area contributed by atoms with Crippen LogP contribution in [0.4, 0.5) is 5.69 Å². The molecule has 2 aromatic rings.